The molecule has 2 aliphatic heterocycles. The van der Waals surface area contributed by atoms with E-state index in [9.17, 15) is 5.11 Å². The normalized spacial score (nSPS) is 30.4. The highest BCUT2D eigenvalue weighted by molar-refractivity contribution is 6.32. The second kappa shape index (κ2) is 6.63. The number of hydrogen-bond acceptors (Lipinski definition) is 3. The minimum Gasteiger partial charge on any atom is -0.392 e. The lowest BCUT2D eigenvalue weighted by Gasteiger charge is -2.29. The molecule has 3 nitrogen and oxygen atoms in total. The maximum absolute atomic E-state index is 9.73. The predicted molar refractivity (Wildman–Crippen MR) is 84.8 cm³/mol. The van der Waals surface area contributed by atoms with Crippen molar-refractivity contribution in [3.05, 3.63) is 34.3 Å². The number of aryl methyl sites for hydroxylation is 1. The Hall–Kier alpha value is -0.320. The molecular formula is C15H22Cl2N2O. The molecule has 0 saturated carbocycles. The summed E-state index contributed by atoms with van der Waals surface area (Å²) in [5, 5.41) is 14.2. The van der Waals surface area contributed by atoms with Crippen LogP contribution in [-0.4, -0.2) is 41.8 Å². The lowest BCUT2D eigenvalue weighted by molar-refractivity contribution is 0.153. The molecule has 0 bridgehead atoms. The van der Waals surface area contributed by atoms with Gasteiger partial charge in [-0.1, -0.05) is 29.8 Å². The minimum absolute atomic E-state index is 0. The standard InChI is InChI=1S/C15H21ClN2O.ClH/c1-10-3-2-4-12(14(10)16)15-13(5-7-17-15)18-8-6-11(19)9-18;/h2-4,11,13,15,17,19H,5-9H2,1H3;1H/t11?,13-,15-;/m1./s1. The Morgan fingerprint density at radius 3 is 2.85 bits per heavy atom. The number of aliphatic hydroxyl groups excluding tert-OH is 1. The third-order valence-electron chi connectivity index (χ3n) is 4.41. The van der Waals surface area contributed by atoms with E-state index in [2.05, 4.69) is 35.3 Å². The highest BCUT2D eigenvalue weighted by atomic mass is 35.5. The maximum atomic E-state index is 9.73. The van der Waals surface area contributed by atoms with Gasteiger partial charge in [0.05, 0.1) is 6.10 Å². The Morgan fingerprint density at radius 2 is 2.15 bits per heavy atom. The zero-order valence-corrected chi connectivity index (χ0v) is 13.3. The number of β-amino-alcohol motifs (C(OH)–C–C–N with tert-alkyl or cyclic N) is 1. The highest BCUT2D eigenvalue weighted by Crippen LogP contribution is 2.35. The van der Waals surface area contributed by atoms with E-state index in [0.29, 0.717) is 6.04 Å². The summed E-state index contributed by atoms with van der Waals surface area (Å²) in [4.78, 5) is 2.41. The summed E-state index contributed by atoms with van der Waals surface area (Å²) in [5.74, 6) is 0. The van der Waals surface area contributed by atoms with Crippen molar-refractivity contribution in [3.8, 4) is 0 Å². The van der Waals surface area contributed by atoms with Crippen LogP contribution in [0.3, 0.4) is 0 Å². The third-order valence-corrected chi connectivity index (χ3v) is 4.93. The Kier molecular flexibility index (Phi) is 5.32. The molecule has 5 heteroatoms. The molecule has 0 spiro atoms. The molecule has 0 amide bonds. The van der Waals surface area contributed by atoms with Crippen molar-refractivity contribution in [1.29, 1.82) is 0 Å². The van der Waals surface area contributed by atoms with Crippen LogP contribution in [0.2, 0.25) is 5.02 Å². The summed E-state index contributed by atoms with van der Waals surface area (Å²) in [5.41, 5.74) is 2.33. The molecule has 2 saturated heterocycles. The van der Waals surface area contributed by atoms with Gasteiger partial charge in [0, 0.05) is 30.2 Å². The number of benzene rings is 1. The van der Waals surface area contributed by atoms with E-state index in [0.717, 1.165) is 43.1 Å². The fourth-order valence-corrected chi connectivity index (χ4v) is 3.62. The number of halogens is 2. The van der Waals surface area contributed by atoms with E-state index < -0.39 is 0 Å². The van der Waals surface area contributed by atoms with Gasteiger partial charge in [0.2, 0.25) is 0 Å². The Morgan fingerprint density at radius 1 is 1.35 bits per heavy atom. The molecule has 0 aromatic heterocycles. The largest absolute Gasteiger partial charge is 0.392 e. The summed E-state index contributed by atoms with van der Waals surface area (Å²) < 4.78 is 0. The summed E-state index contributed by atoms with van der Waals surface area (Å²) in [7, 11) is 0. The molecule has 2 heterocycles. The van der Waals surface area contributed by atoms with Crippen LogP contribution >= 0.6 is 24.0 Å². The van der Waals surface area contributed by atoms with Gasteiger partial charge < -0.3 is 10.4 Å². The fourth-order valence-electron chi connectivity index (χ4n) is 3.38. The molecule has 1 aromatic rings. The molecule has 0 aliphatic carbocycles. The lowest BCUT2D eigenvalue weighted by Crippen LogP contribution is -2.38. The first-order valence-electron chi connectivity index (χ1n) is 7.07. The first kappa shape index (κ1) is 16.1. The number of nitrogens with zero attached hydrogens (tertiary/aromatic N) is 1. The monoisotopic (exact) mass is 316 g/mol. The molecule has 3 atom stereocenters. The SMILES string of the molecule is Cc1cccc([C@H]2NCC[C@H]2N2CCC(O)C2)c1Cl.Cl. The molecule has 20 heavy (non-hydrogen) atoms. The smallest absolute Gasteiger partial charge is 0.0679 e. The predicted octanol–water partition coefficient (Wildman–Crippen LogP) is 2.54. The molecule has 1 unspecified atom stereocenters. The van der Waals surface area contributed by atoms with Crippen molar-refractivity contribution < 1.29 is 5.11 Å². The van der Waals surface area contributed by atoms with Gasteiger partial charge in [-0.2, -0.15) is 0 Å². The Balaban J connectivity index is 0.00000147. The molecule has 1 aromatic carbocycles. The molecule has 2 aliphatic rings. The van der Waals surface area contributed by atoms with Gasteiger partial charge in [-0.05, 0) is 37.4 Å². The van der Waals surface area contributed by atoms with Gasteiger partial charge in [-0.15, -0.1) is 12.4 Å². The van der Waals surface area contributed by atoms with Crippen LogP contribution in [-0.2, 0) is 0 Å². The topological polar surface area (TPSA) is 35.5 Å². The van der Waals surface area contributed by atoms with Crippen LogP contribution in [0, 0.1) is 6.92 Å². The number of likely N-dealkylation sites (tertiary alicyclic amines) is 1. The maximum Gasteiger partial charge on any atom is 0.0679 e. The Bertz CT molecular complexity index is 469. The average Bonchev–Trinajstić information content (AvgIpc) is 3.01. The van der Waals surface area contributed by atoms with Gasteiger partial charge in [0.15, 0.2) is 0 Å². The first-order valence-corrected chi connectivity index (χ1v) is 7.45. The summed E-state index contributed by atoms with van der Waals surface area (Å²) in [6.07, 6.45) is 1.86. The van der Waals surface area contributed by atoms with Crippen LogP contribution < -0.4 is 5.32 Å². The van der Waals surface area contributed by atoms with Gasteiger partial charge in [0.1, 0.15) is 0 Å². The van der Waals surface area contributed by atoms with Crippen LogP contribution in [0.5, 0.6) is 0 Å². The van der Waals surface area contributed by atoms with E-state index in [1.54, 1.807) is 0 Å². The number of rotatable bonds is 2. The average molecular weight is 317 g/mol. The highest BCUT2D eigenvalue weighted by Gasteiger charge is 2.37. The van der Waals surface area contributed by atoms with Crippen molar-refractivity contribution in [2.75, 3.05) is 19.6 Å². The van der Waals surface area contributed by atoms with E-state index in [1.165, 1.54) is 5.56 Å². The number of nitrogens with one attached hydrogen (secondary N) is 1. The summed E-state index contributed by atoms with van der Waals surface area (Å²) in [6.45, 7) is 4.86. The molecular weight excluding hydrogens is 295 g/mol. The second-order valence-corrected chi connectivity index (χ2v) is 6.08. The van der Waals surface area contributed by atoms with E-state index >= 15 is 0 Å². The van der Waals surface area contributed by atoms with Gasteiger partial charge in [-0.25, -0.2) is 0 Å². The van der Waals surface area contributed by atoms with E-state index in [1.807, 2.05) is 0 Å². The van der Waals surface area contributed by atoms with E-state index in [4.69, 9.17) is 11.6 Å². The lowest BCUT2D eigenvalue weighted by atomic mass is 9.98. The fraction of sp³-hybridized carbons (Fsp3) is 0.600. The van der Waals surface area contributed by atoms with Crippen molar-refractivity contribution in [2.45, 2.75) is 38.0 Å². The van der Waals surface area contributed by atoms with Crippen molar-refractivity contribution in [3.63, 3.8) is 0 Å². The minimum atomic E-state index is -0.158. The quantitative estimate of drug-likeness (QED) is 0.880. The second-order valence-electron chi connectivity index (χ2n) is 5.70. The van der Waals surface area contributed by atoms with Crippen LogP contribution in [0.4, 0.5) is 0 Å². The number of hydrogen-bond donors (Lipinski definition) is 2. The zero-order chi connectivity index (χ0) is 13.4. The van der Waals surface area contributed by atoms with E-state index in [-0.39, 0.29) is 24.6 Å². The molecule has 2 N–H and O–H groups in total. The van der Waals surface area contributed by atoms with Gasteiger partial charge in [-0.3, -0.25) is 4.90 Å². The van der Waals surface area contributed by atoms with Gasteiger partial charge in [0.25, 0.3) is 0 Å². The number of aliphatic hydroxyl groups is 1. The third kappa shape index (κ3) is 2.97. The Labute approximate surface area is 131 Å². The zero-order valence-electron chi connectivity index (χ0n) is 11.7. The summed E-state index contributed by atoms with van der Waals surface area (Å²) in [6, 6.07) is 6.99. The van der Waals surface area contributed by atoms with Crippen molar-refractivity contribution in [1.82, 2.24) is 10.2 Å². The molecule has 112 valence electrons. The van der Waals surface area contributed by atoms with Crippen LogP contribution in [0.15, 0.2) is 18.2 Å². The van der Waals surface area contributed by atoms with Crippen molar-refractivity contribution >= 4 is 24.0 Å². The molecule has 0 radical (unpaired) electrons. The summed E-state index contributed by atoms with van der Waals surface area (Å²) >= 11 is 6.47. The van der Waals surface area contributed by atoms with Gasteiger partial charge >= 0.3 is 0 Å². The molecule has 2 fully saturated rings. The molecule has 3 rings (SSSR count). The van der Waals surface area contributed by atoms with Crippen LogP contribution in [0.25, 0.3) is 0 Å². The van der Waals surface area contributed by atoms with Crippen LogP contribution in [0.1, 0.15) is 30.0 Å². The van der Waals surface area contributed by atoms with Crippen molar-refractivity contribution in [2.24, 2.45) is 0 Å². The first-order chi connectivity index (χ1) is 9.16.